The monoisotopic (exact) mass is 976 g/mol. The normalized spacial score (nSPS) is 20.8. The molecule has 4 aliphatic rings. The lowest BCUT2D eigenvalue weighted by molar-refractivity contribution is -0.134. The lowest BCUT2D eigenvalue weighted by atomic mass is 9.92. The standard InChI is InChI=1S/C47H50F2N22O/c1-25-13-37(54-39-15-27(3)58-62-39)56-46(52-25)66-21-31-5-6-32(22-66)70(31)43(35-9-11-41(64-60-35)68-19-29(48)17-50-68)45(72)44(36-10-12-42(65-61-36)69-20-30(49)18-51-69)71-33-7-8-34(71)24-67(23-33)47-53-26(2)14-38(57-47)55-40-16-28(4)59-63-40/h9-20,31-34,43-44H,5-8,21-24H2,1-4H3,(H2,52,54,56,58,62)(H2,53,55,57,59,63). The van der Waals surface area contributed by atoms with Crippen LogP contribution in [0.2, 0.25) is 0 Å². The van der Waals surface area contributed by atoms with E-state index in [4.69, 9.17) is 30.1 Å². The number of nitrogens with one attached hydrogen (secondary N) is 4. The number of ketones is 1. The summed E-state index contributed by atoms with van der Waals surface area (Å²) in [5.74, 6) is 3.12. The maximum Gasteiger partial charge on any atom is 0.227 e. The molecule has 0 saturated carbocycles. The van der Waals surface area contributed by atoms with Crippen LogP contribution in [0.5, 0.6) is 0 Å². The fourth-order valence-corrected chi connectivity index (χ4v) is 10.9. The molecule has 23 nitrogen and oxygen atoms in total. The highest BCUT2D eigenvalue weighted by atomic mass is 19.1. The van der Waals surface area contributed by atoms with Crippen LogP contribution in [-0.4, -0.2) is 146 Å². The second kappa shape index (κ2) is 18.2. The van der Waals surface area contributed by atoms with E-state index in [0.717, 1.165) is 60.9 Å². The summed E-state index contributed by atoms with van der Waals surface area (Å²) in [5.41, 5.74) is 4.29. The van der Waals surface area contributed by atoms with Gasteiger partial charge in [-0.15, -0.1) is 10.2 Å². The number of nitrogens with zero attached hydrogens (tertiary/aromatic N) is 18. The van der Waals surface area contributed by atoms with Crippen LogP contribution in [0.3, 0.4) is 0 Å². The maximum absolute atomic E-state index is 16.4. The minimum absolute atomic E-state index is 0.113. The number of hydrogen-bond donors (Lipinski definition) is 4. The molecule has 0 spiro atoms. The highest BCUT2D eigenvalue weighted by Crippen LogP contribution is 2.45. The largest absolute Gasteiger partial charge is 0.338 e. The molecule has 72 heavy (non-hydrogen) atoms. The van der Waals surface area contributed by atoms with E-state index >= 15 is 4.79 Å². The van der Waals surface area contributed by atoms with Crippen molar-refractivity contribution in [1.29, 1.82) is 0 Å². The predicted octanol–water partition coefficient (Wildman–Crippen LogP) is 4.72. The Morgan fingerprint density at radius 3 is 1.32 bits per heavy atom. The lowest BCUT2D eigenvalue weighted by Gasteiger charge is -2.47. The van der Waals surface area contributed by atoms with Gasteiger partial charge < -0.3 is 20.4 Å². The van der Waals surface area contributed by atoms with Crippen molar-refractivity contribution in [2.75, 3.05) is 46.6 Å². The Labute approximate surface area is 410 Å². The smallest absolute Gasteiger partial charge is 0.227 e. The number of aryl methyl sites for hydroxylation is 4. The van der Waals surface area contributed by atoms with Gasteiger partial charge in [-0.3, -0.25) is 24.8 Å². The topological polar surface area (TPSA) is 250 Å². The van der Waals surface area contributed by atoms with Crippen LogP contribution in [0.15, 0.2) is 73.3 Å². The van der Waals surface area contributed by atoms with Crippen LogP contribution in [0.1, 0.15) is 71.9 Å². The number of carbonyl (C=O) groups excluding carboxylic acids is 1. The maximum atomic E-state index is 16.4. The van der Waals surface area contributed by atoms with Crippen molar-refractivity contribution < 1.29 is 13.6 Å². The molecule has 0 aromatic carbocycles. The number of fused-ring (bicyclic) bond motifs is 4. The first kappa shape index (κ1) is 45.0. The SMILES string of the molecule is Cc1cc(Nc2cc(C)[nH]n2)nc(N2CC3CCC(C2)N3C(C(=O)C(c2ccc(-n3cc(F)cn3)nn2)N2C3CCC2CN(c2nc(C)cc(Nc4cc(C)[nH]n4)n2)C3)c2ccc(-n3cc(F)cn3)nn2)n1. The number of Topliss-reactive ketones (excluding diaryl/α,β-unsaturated/α-hetero) is 1. The fraction of sp³-hybridized carbons (Fsp3) is 0.383. The molecule has 4 saturated heterocycles. The Hall–Kier alpha value is -8.19. The van der Waals surface area contributed by atoms with Crippen LogP contribution in [0.4, 0.5) is 43.9 Å². The van der Waals surface area contributed by atoms with Gasteiger partial charge in [-0.05, 0) is 77.6 Å². The van der Waals surface area contributed by atoms with E-state index in [1.54, 1.807) is 24.3 Å². The number of anilines is 6. The number of rotatable bonds is 14. The van der Waals surface area contributed by atoms with Gasteiger partial charge in [-0.2, -0.15) is 40.6 Å². The van der Waals surface area contributed by atoms with Crippen LogP contribution in [0.25, 0.3) is 11.6 Å². The van der Waals surface area contributed by atoms with E-state index in [0.29, 0.717) is 84.4 Å². The van der Waals surface area contributed by atoms with Gasteiger partial charge in [0.1, 0.15) is 23.7 Å². The number of hydrogen-bond acceptors (Lipinski definition) is 19. The summed E-state index contributed by atoms with van der Waals surface area (Å²) in [7, 11) is 0. The Morgan fingerprint density at radius 2 is 0.986 bits per heavy atom. The third-order valence-corrected chi connectivity index (χ3v) is 13.9. The average Bonchev–Trinajstić information content (AvgIpc) is 4.24. The number of piperazine rings is 2. The molecule has 12 rings (SSSR count). The fourth-order valence-electron chi connectivity index (χ4n) is 10.9. The molecule has 0 radical (unpaired) electrons. The van der Waals surface area contributed by atoms with E-state index in [1.807, 2.05) is 52.0 Å². The first-order valence-electron chi connectivity index (χ1n) is 23.9. The molecule has 368 valence electrons. The number of aromatic amines is 2. The summed E-state index contributed by atoms with van der Waals surface area (Å²) in [4.78, 5) is 45.0. The van der Waals surface area contributed by atoms with Gasteiger partial charge >= 0.3 is 0 Å². The van der Waals surface area contributed by atoms with E-state index in [9.17, 15) is 8.78 Å². The number of carbonyl (C=O) groups is 1. The highest BCUT2D eigenvalue weighted by molar-refractivity contribution is 5.91. The molecule has 25 heteroatoms. The second-order valence-corrected chi connectivity index (χ2v) is 19.0. The zero-order valence-corrected chi connectivity index (χ0v) is 39.8. The number of aromatic nitrogens is 16. The third kappa shape index (κ3) is 8.73. The molecule has 12 heterocycles. The summed E-state index contributed by atoms with van der Waals surface area (Å²) < 4.78 is 30.9. The Bertz CT molecular complexity index is 3020. The van der Waals surface area contributed by atoms with Crippen LogP contribution in [0, 0.1) is 39.3 Å². The molecule has 4 N–H and O–H groups in total. The van der Waals surface area contributed by atoms with Crippen molar-refractivity contribution in [2.45, 2.75) is 89.6 Å². The molecular weight excluding hydrogens is 927 g/mol. The van der Waals surface area contributed by atoms with E-state index in [-0.39, 0.29) is 30.0 Å². The van der Waals surface area contributed by atoms with Crippen LogP contribution >= 0.6 is 0 Å². The molecule has 4 fully saturated rings. The molecule has 0 aliphatic carbocycles. The molecule has 4 aliphatic heterocycles. The molecule has 4 bridgehead atoms. The molecule has 8 aromatic rings. The minimum atomic E-state index is -0.900. The van der Waals surface area contributed by atoms with Gasteiger partial charge in [-0.25, -0.2) is 28.1 Å². The quantitative estimate of drug-likeness (QED) is 0.115. The molecule has 6 unspecified atom stereocenters. The Morgan fingerprint density at radius 1 is 0.569 bits per heavy atom. The van der Waals surface area contributed by atoms with Crippen molar-refractivity contribution >= 4 is 41.0 Å². The summed E-state index contributed by atoms with van der Waals surface area (Å²) >= 11 is 0. The van der Waals surface area contributed by atoms with E-state index in [1.165, 1.54) is 21.8 Å². The van der Waals surface area contributed by atoms with Crippen molar-refractivity contribution in [3.8, 4) is 11.6 Å². The van der Waals surface area contributed by atoms with Crippen molar-refractivity contribution in [3.05, 3.63) is 119 Å². The van der Waals surface area contributed by atoms with Crippen LogP contribution < -0.4 is 20.4 Å². The summed E-state index contributed by atoms with van der Waals surface area (Å²) in [5, 5.41) is 47.9. The second-order valence-electron chi connectivity index (χ2n) is 19.0. The van der Waals surface area contributed by atoms with Crippen molar-refractivity contribution in [2.24, 2.45) is 0 Å². The van der Waals surface area contributed by atoms with Gasteiger partial charge in [-0.1, -0.05) is 0 Å². The average molecular weight is 977 g/mol. The molecule has 0 amide bonds. The van der Waals surface area contributed by atoms with Gasteiger partial charge in [0.05, 0.1) is 36.2 Å². The Kier molecular flexibility index (Phi) is 11.4. The van der Waals surface area contributed by atoms with Crippen molar-refractivity contribution in [3.63, 3.8) is 0 Å². The first-order chi connectivity index (χ1) is 34.9. The van der Waals surface area contributed by atoms with E-state index < -0.39 is 23.7 Å². The summed E-state index contributed by atoms with van der Waals surface area (Å²) in [6, 6.07) is 12.3. The summed E-state index contributed by atoms with van der Waals surface area (Å²) in [6.45, 7) is 9.91. The third-order valence-electron chi connectivity index (χ3n) is 13.9. The highest BCUT2D eigenvalue weighted by Gasteiger charge is 2.53. The van der Waals surface area contributed by atoms with Gasteiger partial charge in [0, 0.05) is 97.4 Å². The molecule has 6 atom stereocenters. The zero-order chi connectivity index (χ0) is 49.2. The zero-order valence-electron chi connectivity index (χ0n) is 39.8. The van der Waals surface area contributed by atoms with Gasteiger partial charge in [0.15, 0.2) is 40.7 Å². The summed E-state index contributed by atoms with van der Waals surface area (Å²) in [6.07, 6.45) is 7.88. The number of halogens is 2. The van der Waals surface area contributed by atoms with Crippen LogP contribution in [-0.2, 0) is 4.79 Å². The van der Waals surface area contributed by atoms with E-state index in [2.05, 4.69) is 71.0 Å². The predicted molar refractivity (Wildman–Crippen MR) is 257 cm³/mol. The van der Waals surface area contributed by atoms with Gasteiger partial charge in [0.25, 0.3) is 0 Å². The molecular formula is C47H50F2N22O. The van der Waals surface area contributed by atoms with Gasteiger partial charge in [0.2, 0.25) is 11.9 Å². The Balaban J connectivity index is 0.901. The number of H-pyrrole nitrogens is 2. The lowest BCUT2D eigenvalue weighted by Crippen LogP contribution is -2.60. The first-order valence-corrected chi connectivity index (χ1v) is 23.9. The van der Waals surface area contributed by atoms with Crippen molar-refractivity contribution in [1.82, 2.24) is 90.1 Å². The molecule has 8 aromatic heterocycles. The minimum Gasteiger partial charge on any atom is -0.338 e.